The zero-order chi connectivity index (χ0) is 16.3. The first kappa shape index (κ1) is 18.1. The van der Waals surface area contributed by atoms with Crippen molar-refractivity contribution in [2.75, 3.05) is 0 Å². The smallest absolute Gasteiger partial charge is 0.0474 e. The van der Waals surface area contributed by atoms with E-state index in [1.807, 2.05) is 0 Å². The van der Waals surface area contributed by atoms with Crippen LogP contribution in [0.25, 0.3) is 11.1 Å². The predicted octanol–water partition coefficient (Wildman–Crippen LogP) is 7.39. The molecule has 124 valence electrons. The summed E-state index contributed by atoms with van der Waals surface area (Å²) in [7, 11) is 0. The van der Waals surface area contributed by atoms with Crippen LogP contribution in [0.15, 0.2) is 48.5 Å². The lowest BCUT2D eigenvalue weighted by Crippen LogP contribution is -1.87. The molecule has 2 rings (SSSR count). The zero-order valence-corrected chi connectivity index (χ0v) is 15.1. The van der Waals surface area contributed by atoms with Gasteiger partial charge in [0.05, 0.1) is 0 Å². The van der Waals surface area contributed by atoms with E-state index in [-0.39, 0.29) is 0 Å². The lowest BCUT2D eigenvalue weighted by atomic mass is 10.00. The van der Waals surface area contributed by atoms with E-state index in [2.05, 4.69) is 55.5 Å². The summed E-state index contributed by atoms with van der Waals surface area (Å²) in [6.07, 6.45) is 10.8. The molecule has 0 aliphatic carbocycles. The van der Waals surface area contributed by atoms with Crippen LogP contribution in [0.4, 0.5) is 0 Å². The van der Waals surface area contributed by atoms with E-state index < -0.39 is 0 Å². The monoisotopic (exact) mass is 328 g/mol. The molecule has 0 heterocycles. The van der Waals surface area contributed by atoms with Crippen molar-refractivity contribution in [3.8, 4) is 11.1 Å². The Bertz CT molecular complexity index is 539. The summed E-state index contributed by atoms with van der Waals surface area (Å²) < 4.78 is 0. The molecule has 2 aromatic carbocycles. The van der Waals surface area contributed by atoms with Gasteiger partial charge >= 0.3 is 0 Å². The third-order valence-electron chi connectivity index (χ3n) is 4.46. The van der Waals surface area contributed by atoms with Crippen LogP contribution in [0, 0.1) is 0 Å². The number of aryl methyl sites for hydroxylation is 1. The molecule has 0 aliphatic heterocycles. The minimum atomic E-state index is 0.581. The third-order valence-corrected chi connectivity index (χ3v) is 4.77. The van der Waals surface area contributed by atoms with E-state index in [9.17, 15) is 0 Å². The van der Waals surface area contributed by atoms with Crippen molar-refractivity contribution in [3.63, 3.8) is 0 Å². The zero-order valence-electron chi connectivity index (χ0n) is 14.4. The number of hydrogen-bond acceptors (Lipinski definition) is 0. The summed E-state index contributed by atoms with van der Waals surface area (Å²) in [4.78, 5) is 0. The molecule has 1 heteroatoms. The van der Waals surface area contributed by atoms with Gasteiger partial charge in [0.15, 0.2) is 0 Å². The highest BCUT2D eigenvalue weighted by atomic mass is 35.5. The largest absolute Gasteiger partial charge is 0.122 e. The Labute approximate surface area is 146 Å². The van der Waals surface area contributed by atoms with Gasteiger partial charge in [-0.05, 0) is 35.1 Å². The first-order chi connectivity index (χ1) is 11.3. The van der Waals surface area contributed by atoms with Gasteiger partial charge in [0.1, 0.15) is 0 Å². The van der Waals surface area contributed by atoms with Gasteiger partial charge < -0.3 is 0 Å². The maximum absolute atomic E-state index is 5.84. The lowest BCUT2D eigenvalue weighted by Gasteiger charge is -2.06. The topological polar surface area (TPSA) is 0 Å². The van der Waals surface area contributed by atoms with E-state index in [4.69, 9.17) is 11.6 Å². The highest BCUT2D eigenvalue weighted by molar-refractivity contribution is 6.17. The fourth-order valence-electron chi connectivity index (χ4n) is 2.94. The molecule has 0 amide bonds. The van der Waals surface area contributed by atoms with Gasteiger partial charge in [-0.2, -0.15) is 0 Å². The van der Waals surface area contributed by atoms with Crippen LogP contribution in [-0.4, -0.2) is 0 Å². The van der Waals surface area contributed by atoms with Gasteiger partial charge in [0.2, 0.25) is 0 Å². The molecule has 0 nitrogen and oxygen atoms in total. The Balaban J connectivity index is 1.75. The average molecular weight is 329 g/mol. The van der Waals surface area contributed by atoms with Gasteiger partial charge in [-0.1, -0.05) is 94.0 Å². The Hall–Kier alpha value is -1.27. The van der Waals surface area contributed by atoms with E-state index in [0.29, 0.717) is 5.88 Å². The average Bonchev–Trinajstić information content (AvgIpc) is 2.61. The molecule has 0 radical (unpaired) electrons. The third kappa shape index (κ3) is 6.39. The Morgan fingerprint density at radius 2 is 1.09 bits per heavy atom. The Morgan fingerprint density at radius 1 is 0.609 bits per heavy atom. The molecule has 0 saturated heterocycles. The molecular formula is C22H29Cl. The molecule has 0 unspecified atom stereocenters. The maximum atomic E-state index is 5.84. The normalized spacial score (nSPS) is 10.9. The van der Waals surface area contributed by atoms with Crippen LogP contribution in [-0.2, 0) is 12.3 Å². The fraction of sp³-hybridized carbons (Fsp3) is 0.455. The van der Waals surface area contributed by atoms with Crippen molar-refractivity contribution in [1.29, 1.82) is 0 Å². The Morgan fingerprint density at radius 3 is 1.61 bits per heavy atom. The van der Waals surface area contributed by atoms with Crippen LogP contribution in [0.5, 0.6) is 0 Å². The van der Waals surface area contributed by atoms with Crippen LogP contribution >= 0.6 is 11.6 Å². The standard InChI is InChI=1S/C22H29Cl/c1-2-3-4-5-6-7-8-9-19-10-14-21(15-11-19)22-16-12-20(18-23)13-17-22/h10-17H,2-9,18H2,1H3. The van der Waals surface area contributed by atoms with Crippen molar-refractivity contribution in [2.45, 2.75) is 64.2 Å². The molecule has 23 heavy (non-hydrogen) atoms. The molecule has 0 saturated carbocycles. The SMILES string of the molecule is CCCCCCCCCc1ccc(-c2ccc(CCl)cc2)cc1. The van der Waals surface area contributed by atoms with Gasteiger partial charge in [-0.3, -0.25) is 0 Å². The number of rotatable bonds is 10. The maximum Gasteiger partial charge on any atom is 0.0474 e. The molecule has 2 aromatic rings. The van der Waals surface area contributed by atoms with E-state index in [1.54, 1.807) is 0 Å². The van der Waals surface area contributed by atoms with E-state index in [0.717, 1.165) is 0 Å². The summed E-state index contributed by atoms with van der Waals surface area (Å²) in [5.74, 6) is 0.581. The second-order valence-corrected chi connectivity index (χ2v) is 6.67. The molecule has 0 spiro atoms. The minimum Gasteiger partial charge on any atom is -0.122 e. The first-order valence-corrected chi connectivity index (χ1v) is 9.61. The van der Waals surface area contributed by atoms with Gasteiger partial charge in [0.25, 0.3) is 0 Å². The molecule has 0 N–H and O–H groups in total. The van der Waals surface area contributed by atoms with Crippen LogP contribution < -0.4 is 0 Å². The van der Waals surface area contributed by atoms with Crippen LogP contribution in [0.1, 0.15) is 63.0 Å². The molecule has 0 fully saturated rings. The highest BCUT2D eigenvalue weighted by Gasteiger charge is 1.99. The summed E-state index contributed by atoms with van der Waals surface area (Å²) in [6, 6.07) is 17.6. The van der Waals surface area contributed by atoms with E-state index in [1.165, 1.54) is 73.6 Å². The number of hydrogen-bond donors (Lipinski definition) is 0. The Kier molecular flexibility index (Phi) is 8.25. The van der Waals surface area contributed by atoms with Crippen molar-refractivity contribution in [2.24, 2.45) is 0 Å². The van der Waals surface area contributed by atoms with Gasteiger partial charge in [0, 0.05) is 5.88 Å². The van der Waals surface area contributed by atoms with Crippen molar-refractivity contribution in [3.05, 3.63) is 59.7 Å². The van der Waals surface area contributed by atoms with Crippen LogP contribution in [0.2, 0.25) is 0 Å². The lowest BCUT2D eigenvalue weighted by molar-refractivity contribution is 0.589. The molecule has 0 aromatic heterocycles. The summed E-state index contributed by atoms with van der Waals surface area (Å²) in [6.45, 7) is 2.27. The number of alkyl halides is 1. The van der Waals surface area contributed by atoms with Crippen molar-refractivity contribution < 1.29 is 0 Å². The number of unbranched alkanes of at least 4 members (excludes halogenated alkanes) is 6. The summed E-state index contributed by atoms with van der Waals surface area (Å²) >= 11 is 5.84. The molecule has 0 aliphatic rings. The second-order valence-electron chi connectivity index (χ2n) is 6.40. The second kappa shape index (κ2) is 10.5. The fourth-order valence-corrected chi connectivity index (χ4v) is 3.11. The first-order valence-electron chi connectivity index (χ1n) is 9.07. The number of benzene rings is 2. The van der Waals surface area contributed by atoms with Gasteiger partial charge in [-0.15, -0.1) is 11.6 Å². The van der Waals surface area contributed by atoms with Crippen molar-refractivity contribution in [1.82, 2.24) is 0 Å². The molecule has 0 atom stereocenters. The number of halogens is 1. The molecule has 0 bridgehead atoms. The van der Waals surface area contributed by atoms with Crippen molar-refractivity contribution >= 4 is 11.6 Å². The molecular weight excluding hydrogens is 300 g/mol. The van der Waals surface area contributed by atoms with Crippen LogP contribution in [0.3, 0.4) is 0 Å². The minimum absolute atomic E-state index is 0.581. The summed E-state index contributed by atoms with van der Waals surface area (Å²) in [5.41, 5.74) is 5.18. The van der Waals surface area contributed by atoms with Gasteiger partial charge in [-0.25, -0.2) is 0 Å². The van der Waals surface area contributed by atoms with E-state index >= 15 is 0 Å². The predicted molar refractivity (Wildman–Crippen MR) is 103 cm³/mol. The highest BCUT2D eigenvalue weighted by Crippen LogP contribution is 2.21. The quantitative estimate of drug-likeness (QED) is 0.315. The summed E-state index contributed by atoms with van der Waals surface area (Å²) in [5, 5.41) is 0.